The molecule has 1 aliphatic heterocycles. The maximum Gasteiger partial charge on any atom is 0.124 e. The molecule has 0 unspecified atom stereocenters. The quantitative estimate of drug-likeness (QED) is 0.638. The lowest BCUT2D eigenvalue weighted by Gasteiger charge is -2.37. The number of morpholine rings is 1. The minimum atomic E-state index is -0.00439. The van der Waals surface area contributed by atoms with Crippen LogP contribution in [-0.4, -0.2) is 31.1 Å². The molecule has 4 nitrogen and oxygen atoms in total. The van der Waals surface area contributed by atoms with Gasteiger partial charge < -0.3 is 15.4 Å². The topological polar surface area (TPSA) is 62.3 Å². The zero-order chi connectivity index (χ0) is 13.3. The molecule has 3 N–H and O–H groups in total. The first-order valence-electron chi connectivity index (χ1n) is 6.01. The van der Waals surface area contributed by atoms with Gasteiger partial charge >= 0.3 is 0 Å². The summed E-state index contributed by atoms with van der Waals surface area (Å²) in [4.78, 5) is 2.24. The van der Waals surface area contributed by atoms with Gasteiger partial charge in [0.2, 0.25) is 0 Å². The van der Waals surface area contributed by atoms with Crippen LogP contribution in [0.3, 0.4) is 0 Å². The Kier molecular flexibility index (Phi) is 3.78. The lowest BCUT2D eigenvalue weighted by molar-refractivity contribution is -0.00521. The van der Waals surface area contributed by atoms with E-state index in [2.05, 4.69) is 18.7 Å². The summed E-state index contributed by atoms with van der Waals surface area (Å²) in [5.41, 5.74) is 7.08. The molecule has 0 saturated carbocycles. The molecule has 5 heteroatoms. The Labute approximate surface area is 112 Å². The second-order valence-corrected chi connectivity index (χ2v) is 5.15. The molecular weight excluding hydrogens is 250 g/mol. The van der Waals surface area contributed by atoms with E-state index in [0.29, 0.717) is 10.6 Å². The number of hydrogen-bond acceptors (Lipinski definition) is 3. The van der Waals surface area contributed by atoms with Gasteiger partial charge in [0.25, 0.3) is 0 Å². The predicted molar refractivity (Wildman–Crippen MR) is 74.7 cm³/mol. The number of amidine groups is 1. The molecular formula is C13H18ClN3O. The Morgan fingerprint density at radius 1 is 1.39 bits per heavy atom. The van der Waals surface area contributed by atoms with Crippen LogP contribution >= 0.6 is 11.6 Å². The van der Waals surface area contributed by atoms with Gasteiger partial charge in [-0.3, -0.25) is 5.41 Å². The molecule has 0 spiro atoms. The van der Waals surface area contributed by atoms with E-state index in [9.17, 15) is 0 Å². The summed E-state index contributed by atoms with van der Waals surface area (Å²) in [5.74, 6) is -0.00439. The number of nitrogens with zero attached hydrogens (tertiary/aromatic N) is 1. The van der Waals surface area contributed by atoms with E-state index in [1.165, 1.54) is 0 Å². The normalized spacial score (nSPS) is 24.1. The Hall–Kier alpha value is -1.26. The number of anilines is 1. The highest BCUT2D eigenvalue weighted by molar-refractivity contribution is 6.34. The molecule has 2 atom stereocenters. The average Bonchev–Trinajstić information content (AvgIpc) is 2.26. The zero-order valence-electron chi connectivity index (χ0n) is 10.6. The largest absolute Gasteiger partial charge is 0.384 e. The van der Waals surface area contributed by atoms with E-state index >= 15 is 0 Å². The summed E-state index contributed by atoms with van der Waals surface area (Å²) < 4.78 is 5.70. The van der Waals surface area contributed by atoms with Crippen LogP contribution in [0, 0.1) is 5.41 Å². The molecule has 1 saturated heterocycles. The predicted octanol–water partition coefficient (Wildman–Crippen LogP) is 2.24. The van der Waals surface area contributed by atoms with Crippen molar-refractivity contribution in [3.8, 4) is 0 Å². The van der Waals surface area contributed by atoms with Crippen LogP contribution in [0.5, 0.6) is 0 Å². The molecule has 1 aromatic rings. The Morgan fingerprint density at radius 3 is 2.50 bits per heavy atom. The van der Waals surface area contributed by atoms with Gasteiger partial charge in [-0.25, -0.2) is 0 Å². The van der Waals surface area contributed by atoms with Crippen LogP contribution in [0.25, 0.3) is 0 Å². The third-order valence-corrected chi connectivity index (χ3v) is 3.34. The van der Waals surface area contributed by atoms with Gasteiger partial charge in [0.15, 0.2) is 0 Å². The number of halogens is 1. The first-order chi connectivity index (χ1) is 8.47. The first-order valence-corrected chi connectivity index (χ1v) is 6.39. The number of nitrogens with two attached hydrogens (primary N) is 1. The third kappa shape index (κ3) is 2.76. The molecule has 98 valence electrons. The number of nitrogens with one attached hydrogen (secondary N) is 1. The summed E-state index contributed by atoms with van der Waals surface area (Å²) in [6, 6.07) is 5.61. The molecule has 1 aromatic carbocycles. The van der Waals surface area contributed by atoms with Crippen molar-refractivity contribution >= 4 is 23.1 Å². The van der Waals surface area contributed by atoms with E-state index in [1.54, 1.807) is 6.07 Å². The minimum Gasteiger partial charge on any atom is -0.384 e. The maximum atomic E-state index is 7.41. The van der Waals surface area contributed by atoms with Gasteiger partial charge in [0.1, 0.15) is 5.84 Å². The van der Waals surface area contributed by atoms with E-state index in [4.69, 9.17) is 27.5 Å². The number of ether oxygens (including phenoxy) is 1. The second kappa shape index (κ2) is 5.16. The zero-order valence-corrected chi connectivity index (χ0v) is 11.4. The number of hydrogen-bond donors (Lipinski definition) is 2. The SMILES string of the molecule is C[C@@H]1CN(c2ccc(C(=N)N)c(Cl)c2)C[C@H](C)O1. The van der Waals surface area contributed by atoms with Crippen molar-refractivity contribution in [3.05, 3.63) is 28.8 Å². The molecule has 1 heterocycles. The Balaban J connectivity index is 2.23. The van der Waals surface area contributed by atoms with Gasteiger partial charge in [-0.15, -0.1) is 0 Å². The van der Waals surface area contributed by atoms with Crippen molar-refractivity contribution in [2.45, 2.75) is 26.1 Å². The minimum absolute atomic E-state index is 0.00439. The molecule has 1 aliphatic rings. The fourth-order valence-electron chi connectivity index (χ4n) is 2.31. The van der Waals surface area contributed by atoms with Crippen LogP contribution < -0.4 is 10.6 Å². The van der Waals surface area contributed by atoms with E-state index in [-0.39, 0.29) is 18.0 Å². The summed E-state index contributed by atoms with van der Waals surface area (Å²) >= 11 is 6.14. The van der Waals surface area contributed by atoms with Gasteiger partial charge in [0.05, 0.1) is 17.2 Å². The van der Waals surface area contributed by atoms with E-state index in [1.807, 2.05) is 12.1 Å². The fourth-order valence-corrected chi connectivity index (χ4v) is 2.58. The third-order valence-electron chi connectivity index (χ3n) is 3.03. The van der Waals surface area contributed by atoms with Crippen LogP contribution in [0.2, 0.25) is 5.02 Å². The molecule has 1 fully saturated rings. The van der Waals surface area contributed by atoms with Crippen molar-refractivity contribution < 1.29 is 4.74 Å². The van der Waals surface area contributed by atoms with Gasteiger partial charge in [-0.2, -0.15) is 0 Å². The van der Waals surface area contributed by atoms with Crippen molar-refractivity contribution in [2.24, 2.45) is 5.73 Å². The van der Waals surface area contributed by atoms with Gasteiger partial charge in [-0.05, 0) is 32.0 Å². The highest BCUT2D eigenvalue weighted by Crippen LogP contribution is 2.26. The highest BCUT2D eigenvalue weighted by atomic mass is 35.5. The van der Waals surface area contributed by atoms with Crippen molar-refractivity contribution in [1.82, 2.24) is 0 Å². The number of rotatable bonds is 2. The van der Waals surface area contributed by atoms with Gasteiger partial charge in [-0.1, -0.05) is 11.6 Å². The average molecular weight is 268 g/mol. The summed E-state index contributed by atoms with van der Waals surface area (Å²) in [6.07, 6.45) is 0.417. The molecule has 2 rings (SSSR count). The lowest BCUT2D eigenvalue weighted by atomic mass is 10.1. The van der Waals surface area contributed by atoms with E-state index in [0.717, 1.165) is 18.8 Å². The first kappa shape index (κ1) is 13.2. The second-order valence-electron chi connectivity index (χ2n) is 4.74. The molecule has 18 heavy (non-hydrogen) atoms. The summed E-state index contributed by atoms with van der Waals surface area (Å²) in [7, 11) is 0. The monoisotopic (exact) mass is 267 g/mol. The van der Waals surface area contributed by atoms with Crippen molar-refractivity contribution in [1.29, 1.82) is 5.41 Å². The van der Waals surface area contributed by atoms with Crippen LogP contribution in [0.4, 0.5) is 5.69 Å². The van der Waals surface area contributed by atoms with Crippen molar-refractivity contribution in [2.75, 3.05) is 18.0 Å². The molecule has 0 bridgehead atoms. The van der Waals surface area contributed by atoms with Crippen LogP contribution in [0.15, 0.2) is 18.2 Å². The highest BCUT2D eigenvalue weighted by Gasteiger charge is 2.22. The summed E-state index contributed by atoms with van der Waals surface area (Å²) in [5, 5.41) is 7.94. The van der Waals surface area contributed by atoms with Crippen LogP contribution in [0.1, 0.15) is 19.4 Å². The lowest BCUT2D eigenvalue weighted by Crippen LogP contribution is -2.45. The molecule has 0 radical (unpaired) electrons. The Bertz CT molecular complexity index is 454. The standard InChI is InChI=1S/C13H18ClN3O/c1-8-6-17(7-9(2)18-8)10-3-4-11(13(15)16)12(14)5-10/h3-5,8-9H,6-7H2,1-2H3,(H3,15,16)/t8-,9+. The Morgan fingerprint density at radius 2 is 2.00 bits per heavy atom. The van der Waals surface area contributed by atoms with Gasteiger partial charge in [0, 0.05) is 24.3 Å². The van der Waals surface area contributed by atoms with Crippen molar-refractivity contribution in [3.63, 3.8) is 0 Å². The number of benzene rings is 1. The van der Waals surface area contributed by atoms with E-state index < -0.39 is 0 Å². The molecule has 0 aliphatic carbocycles. The maximum absolute atomic E-state index is 7.41. The number of nitrogen functional groups attached to an aromatic ring is 1. The smallest absolute Gasteiger partial charge is 0.124 e. The van der Waals surface area contributed by atoms with Crippen LogP contribution in [-0.2, 0) is 4.74 Å². The summed E-state index contributed by atoms with van der Waals surface area (Å²) in [6.45, 7) is 5.82. The molecule has 0 amide bonds. The molecule has 0 aromatic heterocycles. The fraction of sp³-hybridized carbons (Fsp3) is 0.462.